The summed E-state index contributed by atoms with van der Waals surface area (Å²) in [5.41, 5.74) is 0.960. The molecule has 2 aliphatic rings. The smallest absolute Gasteiger partial charge is 0.424 e. The second-order valence-electron chi connectivity index (χ2n) is 4.69. The van der Waals surface area contributed by atoms with Gasteiger partial charge in [-0.1, -0.05) is 29.8 Å². The molecule has 1 saturated heterocycles. The molecule has 0 spiro atoms. The van der Waals surface area contributed by atoms with Gasteiger partial charge in [-0.15, -0.1) is 0 Å². The van der Waals surface area contributed by atoms with Crippen molar-refractivity contribution >= 4 is 16.1 Å². The number of rotatable bonds is 2. The summed E-state index contributed by atoms with van der Waals surface area (Å²) in [5.74, 6) is 0. The molecule has 3 rings (SSSR count). The minimum Gasteiger partial charge on any atom is -0.442 e. The van der Waals surface area contributed by atoms with Gasteiger partial charge in [0.1, 0.15) is 12.1 Å². The first-order valence-corrected chi connectivity index (χ1v) is 7.42. The predicted molar refractivity (Wildman–Crippen MR) is 68.0 cm³/mol. The van der Waals surface area contributed by atoms with E-state index in [1.807, 2.05) is 13.0 Å². The molecule has 2 atom stereocenters. The summed E-state index contributed by atoms with van der Waals surface area (Å²) < 4.78 is 30.9. The Morgan fingerprint density at radius 2 is 1.95 bits per heavy atom. The number of ether oxygens (including phenoxy) is 1. The van der Waals surface area contributed by atoms with Crippen molar-refractivity contribution in [1.29, 1.82) is 0 Å². The molecule has 1 aliphatic heterocycles. The number of hydrogen-bond donors (Lipinski definition) is 0. The van der Waals surface area contributed by atoms with Crippen LogP contribution in [0.25, 0.3) is 0 Å². The Balaban J connectivity index is 2.02. The van der Waals surface area contributed by atoms with E-state index in [1.165, 1.54) is 12.1 Å². The topological polar surface area (TPSA) is 63.7 Å². The minimum atomic E-state index is -3.85. The number of amides is 1. The highest BCUT2D eigenvalue weighted by atomic mass is 32.2. The van der Waals surface area contributed by atoms with Crippen molar-refractivity contribution in [3.8, 4) is 0 Å². The van der Waals surface area contributed by atoms with Crippen molar-refractivity contribution in [3.05, 3.63) is 42.0 Å². The van der Waals surface area contributed by atoms with Crippen molar-refractivity contribution in [3.63, 3.8) is 0 Å². The second-order valence-corrected chi connectivity index (χ2v) is 6.51. The standard InChI is InChI=1S/C13H13NO4S/c1-9-5-7-10(8-6-9)19(16,17)14-11-3-2-4-12(11)18-13(14)15/h2-3,5-8,11-12H,4H2,1H3. The van der Waals surface area contributed by atoms with Crippen molar-refractivity contribution in [2.75, 3.05) is 0 Å². The molecule has 6 heteroatoms. The van der Waals surface area contributed by atoms with Crippen LogP contribution in [0.15, 0.2) is 41.3 Å². The summed E-state index contributed by atoms with van der Waals surface area (Å²) >= 11 is 0. The number of carbonyl (C=O) groups excluding carboxylic acids is 1. The van der Waals surface area contributed by atoms with E-state index in [1.54, 1.807) is 18.2 Å². The second kappa shape index (κ2) is 4.09. The molecule has 1 aromatic carbocycles. The van der Waals surface area contributed by atoms with Gasteiger partial charge in [0.2, 0.25) is 0 Å². The Morgan fingerprint density at radius 3 is 2.63 bits per heavy atom. The van der Waals surface area contributed by atoms with Crippen LogP contribution in [0.2, 0.25) is 0 Å². The number of hydrogen-bond acceptors (Lipinski definition) is 4. The van der Waals surface area contributed by atoms with E-state index in [-0.39, 0.29) is 11.0 Å². The lowest BCUT2D eigenvalue weighted by molar-refractivity contribution is 0.137. The van der Waals surface area contributed by atoms with Crippen molar-refractivity contribution in [2.24, 2.45) is 0 Å². The molecule has 1 aromatic rings. The van der Waals surface area contributed by atoms with Crippen molar-refractivity contribution in [2.45, 2.75) is 30.4 Å². The van der Waals surface area contributed by atoms with E-state index >= 15 is 0 Å². The van der Waals surface area contributed by atoms with E-state index in [4.69, 9.17) is 4.74 Å². The summed E-state index contributed by atoms with van der Waals surface area (Å²) in [6.07, 6.45) is 2.93. The third kappa shape index (κ3) is 1.83. The molecule has 5 nitrogen and oxygen atoms in total. The summed E-state index contributed by atoms with van der Waals surface area (Å²) in [5, 5.41) is 0. The average molecular weight is 279 g/mol. The van der Waals surface area contributed by atoms with E-state index in [0.717, 1.165) is 9.87 Å². The highest BCUT2D eigenvalue weighted by Crippen LogP contribution is 2.33. The number of fused-ring (bicyclic) bond motifs is 1. The maximum absolute atomic E-state index is 12.5. The minimum absolute atomic E-state index is 0.107. The maximum Gasteiger partial charge on any atom is 0.424 e. The molecule has 0 saturated carbocycles. The lowest BCUT2D eigenvalue weighted by Gasteiger charge is -2.18. The molecule has 100 valence electrons. The Kier molecular flexibility index (Phi) is 2.63. The van der Waals surface area contributed by atoms with Gasteiger partial charge in [-0.05, 0) is 19.1 Å². The number of carbonyl (C=O) groups is 1. The Hall–Kier alpha value is -1.82. The third-order valence-corrected chi connectivity index (χ3v) is 5.14. The van der Waals surface area contributed by atoms with Gasteiger partial charge < -0.3 is 4.74 Å². The van der Waals surface area contributed by atoms with Gasteiger partial charge in [-0.2, -0.15) is 4.31 Å². The summed E-state index contributed by atoms with van der Waals surface area (Å²) in [7, 11) is -3.85. The van der Waals surface area contributed by atoms with Crippen LogP contribution in [0, 0.1) is 6.92 Å². The fourth-order valence-electron chi connectivity index (χ4n) is 2.35. The lowest BCUT2D eigenvalue weighted by atomic mass is 10.2. The fraction of sp³-hybridized carbons (Fsp3) is 0.308. The molecular weight excluding hydrogens is 266 g/mol. The number of benzene rings is 1. The zero-order valence-electron chi connectivity index (χ0n) is 10.3. The highest BCUT2D eigenvalue weighted by Gasteiger charge is 2.48. The van der Waals surface area contributed by atoms with Crippen LogP contribution >= 0.6 is 0 Å². The van der Waals surface area contributed by atoms with E-state index in [9.17, 15) is 13.2 Å². The van der Waals surface area contributed by atoms with Crippen LogP contribution in [0.3, 0.4) is 0 Å². The van der Waals surface area contributed by atoms with E-state index < -0.39 is 22.2 Å². The van der Waals surface area contributed by atoms with Gasteiger partial charge in [0.25, 0.3) is 10.0 Å². The average Bonchev–Trinajstić information content (AvgIpc) is 2.88. The van der Waals surface area contributed by atoms with Crippen LogP contribution in [-0.4, -0.2) is 31.0 Å². The molecule has 1 amide bonds. The summed E-state index contributed by atoms with van der Waals surface area (Å²) in [6.45, 7) is 1.87. The van der Waals surface area contributed by atoms with Crippen LogP contribution < -0.4 is 0 Å². The van der Waals surface area contributed by atoms with Crippen LogP contribution in [0.5, 0.6) is 0 Å². The van der Waals surface area contributed by atoms with Gasteiger partial charge in [-0.3, -0.25) is 0 Å². The van der Waals surface area contributed by atoms with Gasteiger partial charge in [-0.25, -0.2) is 13.2 Å². The lowest BCUT2D eigenvalue weighted by Crippen LogP contribution is -2.38. The quantitative estimate of drug-likeness (QED) is 0.775. The monoisotopic (exact) mass is 279 g/mol. The first-order chi connectivity index (χ1) is 9.00. The Bertz CT molecular complexity index is 648. The molecular formula is C13H13NO4S. The zero-order valence-corrected chi connectivity index (χ0v) is 11.1. The normalized spacial score (nSPS) is 25.5. The van der Waals surface area contributed by atoms with Gasteiger partial charge in [0, 0.05) is 6.42 Å². The molecule has 19 heavy (non-hydrogen) atoms. The number of sulfonamides is 1. The van der Waals surface area contributed by atoms with Crippen molar-refractivity contribution in [1.82, 2.24) is 4.31 Å². The van der Waals surface area contributed by atoms with Gasteiger partial charge in [0.05, 0.1) is 4.90 Å². The molecule has 0 radical (unpaired) electrons. The van der Waals surface area contributed by atoms with Crippen LogP contribution in [0.4, 0.5) is 4.79 Å². The summed E-state index contributed by atoms with van der Waals surface area (Å²) in [4.78, 5) is 11.9. The molecule has 2 unspecified atom stereocenters. The largest absolute Gasteiger partial charge is 0.442 e. The first kappa shape index (κ1) is 12.2. The highest BCUT2D eigenvalue weighted by molar-refractivity contribution is 7.89. The van der Waals surface area contributed by atoms with E-state index in [0.29, 0.717) is 6.42 Å². The molecule has 0 bridgehead atoms. The number of aryl methyl sites for hydroxylation is 1. The molecule has 1 fully saturated rings. The Labute approximate surface area is 111 Å². The number of nitrogens with zero attached hydrogens (tertiary/aromatic N) is 1. The molecule has 1 heterocycles. The third-order valence-electron chi connectivity index (χ3n) is 3.36. The van der Waals surface area contributed by atoms with Crippen molar-refractivity contribution < 1.29 is 17.9 Å². The molecule has 0 N–H and O–H groups in total. The summed E-state index contributed by atoms with van der Waals surface area (Å²) in [6, 6.07) is 5.90. The Morgan fingerprint density at radius 1 is 1.26 bits per heavy atom. The molecule has 1 aliphatic carbocycles. The van der Waals surface area contributed by atoms with E-state index in [2.05, 4.69) is 0 Å². The van der Waals surface area contributed by atoms with Crippen LogP contribution in [0.1, 0.15) is 12.0 Å². The fourth-order valence-corrected chi connectivity index (χ4v) is 3.82. The SMILES string of the molecule is Cc1ccc(S(=O)(=O)N2C(=O)OC3CC=CC32)cc1. The first-order valence-electron chi connectivity index (χ1n) is 5.98. The predicted octanol–water partition coefficient (Wildman–Crippen LogP) is 1.83. The molecule has 0 aromatic heterocycles. The zero-order chi connectivity index (χ0) is 13.6. The maximum atomic E-state index is 12.5. The van der Waals surface area contributed by atoms with Crippen LogP contribution in [-0.2, 0) is 14.8 Å². The van der Waals surface area contributed by atoms with Gasteiger partial charge in [0.15, 0.2) is 0 Å². The van der Waals surface area contributed by atoms with Gasteiger partial charge >= 0.3 is 6.09 Å².